The van der Waals surface area contributed by atoms with E-state index in [0.717, 1.165) is 44.1 Å². The normalized spacial score (nSPS) is 16.3. The molecular weight excluding hydrogens is 336 g/mol. The van der Waals surface area contributed by atoms with Crippen molar-refractivity contribution in [1.29, 1.82) is 0 Å². The number of rotatable bonds is 6. The smallest absolute Gasteiger partial charge is 0.154 e. The molecule has 0 amide bonds. The molecule has 1 aliphatic rings. The summed E-state index contributed by atoms with van der Waals surface area (Å²) in [5.41, 5.74) is 1.26. The SMILES string of the molecule is Cn1c(Cn2cccn2)nnc1C1CCN(CC=Cc2ccccc2)CC1. The van der Waals surface area contributed by atoms with Crippen LogP contribution in [0.25, 0.3) is 6.08 Å². The fourth-order valence-electron chi connectivity index (χ4n) is 3.68. The lowest BCUT2D eigenvalue weighted by molar-refractivity contribution is 0.227. The summed E-state index contributed by atoms with van der Waals surface area (Å²) in [5.74, 6) is 2.56. The molecule has 0 unspecified atom stereocenters. The molecule has 0 bridgehead atoms. The first-order valence-corrected chi connectivity index (χ1v) is 9.59. The van der Waals surface area contributed by atoms with Crippen LogP contribution in [-0.4, -0.2) is 49.1 Å². The van der Waals surface area contributed by atoms with Crippen molar-refractivity contribution in [1.82, 2.24) is 29.4 Å². The Kier molecular flexibility index (Phi) is 5.44. The lowest BCUT2D eigenvalue weighted by atomic mass is 9.96. The molecule has 0 saturated carbocycles. The van der Waals surface area contributed by atoms with Crippen LogP contribution in [0, 0.1) is 0 Å². The number of benzene rings is 1. The van der Waals surface area contributed by atoms with Gasteiger partial charge in [0.2, 0.25) is 0 Å². The molecule has 140 valence electrons. The maximum atomic E-state index is 4.49. The number of piperidine rings is 1. The van der Waals surface area contributed by atoms with E-state index in [1.165, 1.54) is 5.56 Å². The summed E-state index contributed by atoms with van der Waals surface area (Å²) in [4.78, 5) is 2.51. The molecule has 1 aliphatic heterocycles. The number of hydrogen-bond acceptors (Lipinski definition) is 4. The Morgan fingerprint density at radius 3 is 2.63 bits per heavy atom. The highest BCUT2D eigenvalue weighted by molar-refractivity contribution is 5.48. The van der Waals surface area contributed by atoms with Crippen molar-refractivity contribution in [2.24, 2.45) is 7.05 Å². The van der Waals surface area contributed by atoms with Gasteiger partial charge >= 0.3 is 0 Å². The molecule has 0 aliphatic carbocycles. The third kappa shape index (κ3) is 4.34. The number of likely N-dealkylation sites (tertiary alicyclic amines) is 1. The van der Waals surface area contributed by atoms with Crippen LogP contribution in [0.15, 0.2) is 54.9 Å². The molecule has 1 fully saturated rings. The maximum absolute atomic E-state index is 4.49. The predicted molar refractivity (Wildman–Crippen MR) is 106 cm³/mol. The van der Waals surface area contributed by atoms with Gasteiger partial charge in [0.05, 0.1) is 0 Å². The Hall–Kier alpha value is -2.73. The second-order valence-corrected chi connectivity index (χ2v) is 7.13. The molecule has 3 aromatic rings. The van der Waals surface area contributed by atoms with Gasteiger partial charge in [0.15, 0.2) is 5.82 Å². The van der Waals surface area contributed by atoms with E-state index in [1.807, 2.05) is 16.9 Å². The molecule has 27 heavy (non-hydrogen) atoms. The van der Waals surface area contributed by atoms with Crippen molar-refractivity contribution in [2.45, 2.75) is 25.3 Å². The van der Waals surface area contributed by atoms with Gasteiger partial charge in [-0.2, -0.15) is 5.10 Å². The number of hydrogen-bond donors (Lipinski definition) is 0. The summed E-state index contributed by atoms with van der Waals surface area (Å²) >= 11 is 0. The quantitative estimate of drug-likeness (QED) is 0.676. The van der Waals surface area contributed by atoms with Gasteiger partial charge in [-0.25, -0.2) is 0 Å². The molecule has 0 N–H and O–H groups in total. The highest BCUT2D eigenvalue weighted by Gasteiger charge is 2.24. The second-order valence-electron chi connectivity index (χ2n) is 7.13. The average Bonchev–Trinajstić information content (AvgIpc) is 3.34. The average molecular weight is 362 g/mol. The van der Waals surface area contributed by atoms with Crippen molar-refractivity contribution in [2.75, 3.05) is 19.6 Å². The summed E-state index contributed by atoms with van der Waals surface area (Å²) in [6.45, 7) is 3.88. The molecule has 3 heterocycles. The second kappa shape index (κ2) is 8.31. The van der Waals surface area contributed by atoms with Gasteiger partial charge in [-0.1, -0.05) is 42.5 Å². The van der Waals surface area contributed by atoms with E-state index >= 15 is 0 Å². The summed E-state index contributed by atoms with van der Waals surface area (Å²) < 4.78 is 4.03. The Morgan fingerprint density at radius 1 is 1.07 bits per heavy atom. The van der Waals surface area contributed by atoms with Crippen LogP contribution in [0.5, 0.6) is 0 Å². The van der Waals surface area contributed by atoms with Crippen molar-refractivity contribution in [3.63, 3.8) is 0 Å². The molecular formula is C21H26N6. The molecule has 0 radical (unpaired) electrons. The lowest BCUT2D eigenvalue weighted by Crippen LogP contribution is -2.33. The molecule has 1 aromatic carbocycles. The molecule has 6 heteroatoms. The Labute approximate surface area is 160 Å². The van der Waals surface area contributed by atoms with Crippen molar-refractivity contribution < 1.29 is 0 Å². The molecule has 4 rings (SSSR count). The van der Waals surface area contributed by atoms with Crippen molar-refractivity contribution >= 4 is 6.08 Å². The van der Waals surface area contributed by atoms with E-state index < -0.39 is 0 Å². The summed E-state index contributed by atoms with van der Waals surface area (Å²) in [6.07, 6.45) is 10.5. The Morgan fingerprint density at radius 2 is 1.89 bits per heavy atom. The third-order valence-electron chi connectivity index (χ3n) is 5.29. The fraction of sp³-hybridized carbons (Fsp3) is 0.381. The van der Waals surface area contributed by atoms with Crippen LogP contribution in [-0.2, 0) is 13.6 Å². The molecule has 1 saturated heterocycles. The van der Waals surface area contributed by atoms with Gasteiger partial charge in [-0.15, -0.1) is 10.2 Å². The van der Waals surface area contributed by atoms with Crippen LogP contribution in [0.4, 0.5) is 0 Å². The van der Waals surface area contributed by atoms with Crippen LogP contribution in [0.1, 0.15) is 36.0 Å². The van der Waals surface area contributed by atoms with Crippen molar-refractivity contribution in [3.05, 3.63) is 72.1 Å². The molecule has 6 nitrogen and oxygen atoms in total. The first kappa shape index (κ1) is 17.7. The van der Waals surface area contributed by atoms with Crippen LogP contribution < -0.4 is 0 Å². The maximum Gasteiger partial charge on any atom is 0.154 e. The topological polar surface area (TPSA) is 51.8 Å². The highest BCUT2D eigenvalue weighted by atomic mass is 15.3. The minimum Gasteiger partial charge on any atom is -0.316 e. The Balaban J connectivity index is 1.30. The molecule has 2 aromatic heterocycles. The van der Waals surface area contributed by atoms with Gasteiger partial charge < -0.3 is 4.57 Å². The lowest BCUT2D eigenvalue weighted by Gasteiger charge is -2.30. The van der Waals surface area contributed by atoms with E-state index in [2.05, 4.69) is 74.3 Å². The van der Waals surface area contributed by atoms with Gasteiger partial charge in [-0.05, 0) is 37.6 Å². The van der Waals surface area contributed by atoms with Gasteiger partial charge in [0, 0.05) is 31.9 Å². The molecule has 0 atom stereocenters. The van der Waals surface area contributed by atoms with E-state index in [4.69, 9.17) is 0 Å². The first-order valence-electron chi connectivity index (χ1n) is 9.59. The van der Waals surface area contributed by atoms with Gasteiger partial charge in [0.25, 0.3) is 0 Å². The number of nitrogens with zero attached hydrogens (tertiary/aromatic N) is 6. The minimum absolute atomic E-state index is 0.489. The minimum atomic E-state index is 0.489. The highest BCUT2D eigenvalue weighted by Crippen LogP contribution is 2.26. The zero-order chi connectivity index (χ0) is 18.5. The Bertz CT molecular complexity index is 857. The molecule has 0 spiro atoms. The van der Waals surface area contributed by atoms with E-state index in [1.54, 1.807) is 6.20 Å². The largest absolute Gasteiger partial charge is 0.316 e. The zero-order valence-electron chi connectivity index (χ0n) is 15.8. The fourth-order valence-corrected chi connectivity index (χ4v) is 3.68. The van der Waals surface area contributed by atoms with Gasteiger partial charge in [0.1, 0.15) is 12.4 Å². The van der Waals surface area contributed by atoms with E-state index in [0.29, 0.717) is 12.5 Å². The standard InChI is InChI=1S/C21H26N6/c1-25-20(17-27-14-6-12-22-27)23-24-21(25)19-10-15-26(16-11-19)13-5-9-18-7-3-2-4-8-18/h2-9,12,14,19H,10-11,13,15-17H2,1H3. The van der Waals surface area contributed by atoms with Gasteiger partial charge in [-0.3, -0.25) is 9.58 Å². The summed E-state index contributed by atoms with van der Waals surface area (Å²) in [7, 11) is 2.07. The predicted octanol–water partition coefficient (Wildman–Crippen LogP) is 2.95. The zero-order valence-corrected chi connectivity index (χ0v) is 15.8. The van der Waals surface area contributed by atoms with Crippen LogP contribution >= 0.6 is 0 Å². The monoisotopic (exact) mass is 362 g/mol. The number of aromatic nitrogens is 5. The van der Waals surface area contributed by atoms with Crippen LogP contribution in [0.3, 0.4) is 0 Å². The summed E-state index contributed by atoms with van der Waals surface area (Å²) in [5, 5.41) is 13.1. The van der Waals surface area contributed by atoms with E-state index in [9.17, 15) is 0 Å². The first-order chi connectivity index (χ1) is 13.3. The van der Waals surface area contributed by atoms with Crippen molar-refractivity contribution in [3.8, 4) is 0 Å². The third-order valence-corrected chi connectivity index (χ3v) is 5.29. The van der Waals surface area contributed by atoms with Crippen LogP contribution in [0.2, 0.25) is 0 Å². The van der Waals surface area contributed by atoms with E-state index in [-0.39, 0.29) is 0 Å². The summed E-state index contributed by atoms with van der Waals surface area (Å²) in [6, 6.07) is 12.4.